The predicted octanol–water partition coefficient (Wildman–Crippen LogP) is 0.753. The van der Waals surface area contributed by atoms with Gasteiger partial charge in [-0.15, -0.1) is 10.2 Å². The molecule has 3 N–H and O–H groups in total. The third kappa shape index (κ3) is 3.32. The lowest BCUT2D eigenvalue weighted by Crippen LogP contribution is -2.15. The smallest absolute Gasteiger partial charge is 0.281 e. The van der Waals surface area contributed by atoms with Crippen LogP contribution in [-0.2, 0) is 23.1 Å². The summed E-state index contributed by atoms with van der Waals surface area (Å²) in [7, 11) is -3.85. The topological polar surface area (TPSA) is 121 Å². The average Bonchev–Trinajstić information content (AvgIpc) is 2.96. The molecule has 2 heterocycles. The highest BCUT2D eigenvalue weighted by atomic mass is 32.2. The van der Waals surface area contributed by atoms with E-state index in [1.807, 2.05) is 13.8 Å². The SMILES string of the molecule is CC(C)Cc1nnc(NS(=O)(=O)c2[nH]ncc2CO)s1. The second-order valence-corrected chi connectivity index (χ2v) is 7.27. The molecule has 0 atom stereocenters. The summed E-state index contributed by atoms with van der Waals surface area (Å²) in [6, 6.07) is 0. The molecule has 2 aromatic heterocycles. The Morgan fingerprint density at radius 3 is 2.85 bits per heavy atom. The first kappa shape index (κ1) is 14.9. The summed E-state index contributed by atoms with van der Waals surface area (Å²) in [6.45, 7) is 3.67. The number of nitrogens with one attached hydrogen (secondary N) is 2. The average molecular weight is 317 g/mol. The zero-order valence-corrected chi connectivity index (χ0v) is 12.6. The zero-order valence-electron chi connectivity index (χ0n) is 11.0. The Hall–Kier alpha value is -1.52. The third-order valence-electron chi connectivity index (χ3n) is 2.39. The Bertz CT molecular complexity index is 677. The van der Waals surface area contributed by atoms with E-state index in [1.165, 1.54) is 17.5 Å². The number of aromatic nitrogens is 4. The van der Waals surface area contributed by atoms with Crippen molar-refractivity contribution in [3.63, 3.8) is 0 Å². The standard InChI is InChI=1S/C10H15N5O3S2/c1-6(2)3-8-12-14-10(19-8)15-20(17,18)9-7(5-16)4-11-13-9/h4,6,16H,3,5H2,1-2H3,(H,11,13)(H,14,15). The molecule has 110 valence electrons. The molecule has 0 saturated heterocycles. The minimum atomic E-state index is -3.85. The molecule has 2 aromatic rings. The maximum absolute atomic E-state index is 12.1. The Labute approximate surface area is 120 Å². The van der Waals surface area contributed by atoms with E-state index in [0.717, 1.165) is 11.4 Å². The van der Waals surface area contributed by atoms with Crippen molar-refractivity contribution in [3.8, 4) is 0 Å². The van der Waals surface area contributed by atoms with E-state index >= 15 is 0 Å². The number of aliphatic hydroxyl groups excluding tert-OH is 1. The summed E-state index contributed by atoms with van der Waals surface area (Å²) >= 11 is 1.19. The molecule has 20 heavy (non-hydrogen) atoms. The van der Waals surface area contributed by atoms with Gasteiger partial charge in [-0.05, 0) is 5.92 Å². The quantitative estimate of drug-likeness (QED) is 0.723. The van der Waals surface area contributed by atoms with Crippen molar-refractivity contribution in [3.05, 3.63) is 16.8 Å². The van der Waals surface area contributed by atoms with Gasteiger partial charge in [0.2, 0.25) is 5.13 Å². The van der Waals surface area contributed by atoms with Crippen LogP contribution in [0.3, 0.4) is 0 Å². The third-order valence-corrected chi connectivity index (χ3v) is 4.73. The number of aliphatic hydroxyl groups is 1. The number of rotatable bonds is 6. The van der Waals surface area contributed by atoms with Gasteiger partial charge in [0.05, 0.1) is 12.8 Å². The van der Waals surface area contributed by atoms with Gasteiger partial charge in [-0.1, -0.05) is 25.2 Å². The number of anilines is 1. The number of hydrogen-bond acceptors (Lipinski definition) is 7. The van der Waals surface area contributed by atoms with Crippen molar-refractivity contribution in [1.82, 2.24) is 20.4 Å². The molecular weight excluding hydrogens is 302 g/mol. The highest BCUT2D eigenvalue weighted by Gasteiger charge is 2.22. The zero-order chi connectivity index (χ0) is 14.8. The van der Waals surface area contributed by atoms with Crippen LogP contribution in [0.25, 0.3) is 0 Å². The van der Waals surface area contributed by atoms with Crippen molar-refractivity contribution in [2.45, 2.75) is 31.9 Å². The summed E-state index contributed by atoms with van der Waals surface area (Å²) in [5.74, 6) is 0.418. The van der Waals surface area contributed by atoms with Crippen LogP contribution >= 0.6 is 11.3 Å². The largest absolute Gasteiger partial charge is 0.392 e. The van der Waals surface area contributed by atoms with Gasteiger partial charge in [0.25, 0.3) is 10.0 Å². The van der Waals surface area contributed by atoms with Crippen LogP contribution in [0.2, 0.25) is 0 Å². The summed E-state index contributed by atoms with van der Waals surface area (Å²) in [5, 5.41) is 23.6. The maximum Gasteiger partial charge on any atom is 0.281 e. The number of hydrogen-bond donors (Lipinski definition) is 3. The first-order valence-electron chi connectivity index (χ1n) is 5.90. The van der Waals surface area contributed by atoms with Crippen LogP contribution in [-0.4, -0.2) is 33.9 Å². The van der Waals surface area contributed by atoms with Gasteiger partial charge in [0, 0.05) is 12.0 Å². The Morgan fingerprint density at radius 1 is 1.45 bits per heavy atom. The van der Waals surface area contributed by atoms with E-state index in [1.54, 1.807) is 0 Å². The minimum Gasteiger partial charge on any atom is -0.392 e. The number of aromatic amines is 1. The molecule has 0 aromatic carbocycles. The monoisotopic (exact) mass is 317 g/mol. The van der Waals surface area contributed by atoms with Crippen molar-refractivity contribution >= 4 is 26.5 Å². The fourth-order valence-electron chi connectivity index (χ4n) is 1.54. The lowest BCUT2D eigenvalue weighted by atomic mass is 10.1. The molecule has 10 heteroatoms. The number of sulfonamides is 1. The molecule has 0 spiro atoms. The van der Waals surface area contributed by atoms with Crippen LogP contribution in [0.5, 0.6) is 0 Å². The molecule has 0 amide bonds. The summed E-state index contributed by atoms with van der Waals surface area (Å²) in [6.07, 6.45) is 2.00. The molecule has 0 aliphatic carbocycles. The lowest BCUT2D eigenvalue weighted by Gasteiger charge is -2.03. The van der Waals surface area contributed by atoms with Crippen molar-refractivity contribution in [1.29, 1.82) is 0 Å². The second-order valence-electron chi connectivity index (χ2n) is 4.59. The molecule has 0 saturated carbocycles. The summed E-state index contributed by atoms with van der Waals surface area (Å²) in [5.41, 5.74) is 0.199. The molecule has 0 fully saturated rings. The van der Waals surface area contributed by atoms with Crippen molar-refractivity contribution in [2.75, 3.05) is 4.72 Å². The number of H-pyrrole nitrogens is 1. The molecule has 2 rings (SSSR count). The predicted molar refractivity (Wildman–Crippen MR) is 73.8 cm³/mol. The first-order chi connectivity index (χ1) is 9.42. The fourth-order valence-corrected chi connectivity index (χ4v) is 3.84. The Kier molecular flexibility index (Phi) is 4.35. The van der Waals surface area contributed by atoms with Gasteiger partial charge in [-0.3, -0.25) is 9.82 Å². The van der Waals surface area contributed by atoms with Crippen molar-refractivity contribution in [2.24, 2.45) is 5.92 Å². The van der Waals surface area contributed by atoms with E-state index in [2.05, 4.69) is 25.1 Å². The molecule has 8 nitrogen and oxygen atoms in total. The maximum atomic E-state index is 12.1. The lowest BCUT2D eigenvalue weighted by molar-refractivity contribution is 0.278. The van der Waals surface area contributed by atoms with E-state index in [4.69, 9.17) is 5.11 Å². The van der Waals surface area contributed by atoms with E-state index in [-0.39, 0.29) is 15.7 Å². The van der Waals surface area contributed by atoms with Gasteiger partial charge >= 0.3 is 0 Å². The first-order valence-corrected chi connectivity index (χ1v) is 8.20. The highest BCUT2D eigenvalue weighted by molar-refractivity contribution is 7.92. The summed E-state index contributed by atoms with van der Waals surface area (Å²) < 4.78 is 26.6. The minimum absolute atomic E-state index is 0.166. The van der Waals surface area contributed by atoms with Gasteiger partial charge in [0.15, 0.2) is 5.03 Å². The van der Waals surface area contributed by atoms with Crippen LogP contribution in [0.15, 0.2) is 11.2 Å². The second kappa shape index (κ2) is 5.85. The number of nitrogens with zero attached hydrogens (tertiary/aromatic N) is 3. The van der Waals surface area contributed by atoms with Gasteiger partial charge in [0.1, 0.15) is 5.01 Å². The van der Waals surface area contributed by atoms with E-state index in [9.17, 15) is 8.42 Å². The van der Waals surface area contributed by atoms with Crippen LogP contribution in [0.1, 0.15) is 24.4 Å². The van der Waals surface area contributed by atoms with Gasteiger partial charge in [-0.2, -0.15) is 13.5 Å². The molecule has 0 bridgehead atoms. The van der Waals surface area contributed by atoms with E-state index < -0.39 is 16.6 Å². The molecule has 0 aliphatic heterocycles. The van der Waals surface area contributed by atoms with Crippen LogP contribution < -0.4 is 4.72 Å². The normalized spacial score (nSPS) is 12.0. The Balaban J connectivity index is 2.18. The molecule has 0 radical (unpaired) electrons. The van der Waals surface area contributed by atoms with Crippen LogP contribution in [0.4, 0.5) is 5.13 Å². The summed E-state index contributed by atoms with van der Waals surface area (Å²) in [4.78, 5) is 0. The van der Waals surface area contributed by atoms with Gasteiger partial charge in [-0.25, -0.2) is 0 Å². The molecule has 0 aliphatic rings. The van der Waals surface area contributed by atoms with Crippen molar-refractivity contribution < 1.29 is 13.5 Å². The highest BCUT2D eigenvalue weighted by Crippen LogP contribution is 2.22. The van der Waals surface area contributed by atoms with Crippen LogP contribution in [0, 0.1) is 5.92 Å². The molecular formula is C10H15N5O3S2. The van der Waals surface area contributed by atoms with Gasteiger partial charge < -0.3 is 5.11 Å². The van der Waals surface area contributed by atoms with E-state index in [0.29, 0.717) is 5.92 Å². The fraction of sp³-hybridized carbons (Fsp3) is 0.500. The molecule has 0 unspecified atom stereocenters. The Morgan fingerprint density at radius 2 is 2.20 bits per heavy atom.